The third-order valence-electron chi connectivity index (χ3n) is 2.73. The van der Waals surface area contributed by atoms with Crippen LogP contribution >= 0.6 is 0 Å². The summed E-state index contributed by atoms with van der Waals surface area (Å²) in [5, 5.41) is 9.68. The molecule has 0 radical (unpaired) electrons. The fourth-order valence-corrected chi connectivity index (χ4v) is 1.41. The molecule has 1 aromatic carbocycles. The Bertz CT molecular complexity index is 559. The molecule has 0 aliphatic carbocycles. The van der Waals surface area contributed by atoms with E-state index in [1.54, 1.807) is 19.1 Å². The molecule has 6 nitrogen and oxygen atoms in total. The molecule has 0 spiro atoms. The zero-order chi connectivity index (χ0) is 15.3. The van der Waals surface area contributed by atoms with Gasteiger partial charge in [0.25, 0.3) is 11.5 Å². The fourth-order valence-electron chi connectivity index (χ4n) is 1.41. The third-order valence-corrected chi connectivity index (χ3v) is 2.73. The van der Waals surface area contributed by atoms with Gasteiger partial charge in [0.05, 0.1) is 14.2 Å². The first kappa shape index (κ1) is 15.6. The molecule has 0 bridgehead atoms. The van der Waals surface area contributed by atoms with Crippen LogP contribution in [0, 0.1) is 13.8 Å². The van der Waals surface area contributed by atoms with Gasteiger partial charge in [-0.15, -0.1) is 0 Å². The van der Waals surface area contributed by atoms with Crippen molar-refractivity contribution in [3.8, 4) is 5.75 Å². The smallest absolute Gasteiger partial charge is 0.378 e. The van der Waals surface area contributed by atoms with E-state index in [-0.39, 0.29) is 0 Å². The molecule has 0 aromatic heterocycles. The van der Waals surface area contributed by atoms with Gasteiger partial charge in [0.1, 0.15) is 5.75 Å². The topological polar surface area (TPSA) is 82.1 Å². The molecule has 1 aromatic rings. The van der Waals surface area contributed by atoms with Gasteiger partial charge in [-0.25, -0.2) is 9.59 Å². The van der Waals surface area contributed by atoms with Crippen molar-refractivity contribution >= 4 is 11.9 Å². The van der Waals surface area contributed by atoms with Crippen molar-refractivity contribution in [2.24, 2.45) is 0 Å². The van der Waals surface area contributed by atoms with E-state index in [0.29, 0.717) is 5.75 Å². The van der Waals surface area contributed by atoms with E-state index >= 15 is 0 Å². The molecular weight excluding hydrogens is 264 g/mol. The van der Waals surface area contributed by atoms with Crippen molar-refractivity contribution < 1.29 is 28.9 Å². The van der Waals surface area contributed by atoms with Gasteiger partial charge in [0, 0.05) is 0 Å². The Hall–Kier alpha value is -2.50. The summed E-state index contributed by atoms with van der Waals surface area (Å²) in [6.07, 6.45) is 0. The number of carbonyl (C=O) groups is 2. The zero-order valence-electron chi connectivity index (χ0n) is 11.7. The molecule has 0 fully saturated rings. The van der Waals surface area contributed by atoms with Crippen LogP contribution in [0.15, 0.2) is 29.7 Å². The number of aryl methyl sites for hydroxylation is 1. The monoisotopic (exact) mass is 280 g/mol. The van der Waals surface area contributed by atoms with Crippen molar-refractivity contribution in [2.75, 3.05) is 14.2 Å². The van der Waals surface area contributed by atoms with E-state index in [9.17, 15) is 14.7 Å². The summed E-state index contributed by atoms with van der Waals surface area (Å²) in [5.74, 6) is -3.29. The molecule has 0 saturated heterocycles. The highest BCUT2D eigenvalue weighted by atomic mass is 16.6. The van der Waals surface area contributed by atoms with Gasteiger partial charge in [-0.2, -0.15) is 0 Å². The molecule has 1 rings (SSSR count). The molecule has 0 aliphatic rings. The second-order valence-corrected chi connectivity index (χ2v) is 3.96. The van der Waals surface area contributed by atoms with Gasteiger partial charge in [0.15, 0.2) is 0 Å². The molecule has 0 aliphatic heterocycles. The van der Waals surface area contributed by atoms with E-state index in [4.69, 9.17) is 4.74 Å². The van der Waals surface area contributed by atoms with Crippen molar-refractivity contribution in [2.45, 2.75) is 13.8 Å². The van der Waals surface area contributed by atoms with E-state index in [0.717, 1.165) is 25.3 Å². The largest absolute Gasteiger partial charge is 0.499 e. The molecule has 0 saturated carbocycles. The Labute approximate surface area is 116 Å². The van der Waals surface area contributed by atoms with Crippen LogP contribution in [0.5, 0.6) is 5.75 Å². The van der Waals surface area contributed by atoms with Gasteiger partial charge >= 0.3 is 11.9 Å². The molecular formula is C14H16O6. The van der Waals surface area contributed by atoms with E-state index in [1.165, 1.54) is 0 Å². The number of hydrogen-bond donors (Lipinski definition) is 1. The quantitative estimate of drug-likeness (QED) is 0.514. The summed E-state index contributed by atoms with van der Waals surface area (Å²) in [7, 11) is 2.19. The van der Waals surface area contributed by atoms with Crippen molar-refractivity contribution in [1.29, 1.82) is 0 Å². The number of aliphatic hydroxyl groups excluding tert-OH is 1. The van der Waals surface area contributed by atoms with Crippen LogP contribution in [0.3, 0.4) is 0 Å². The van der Waals surface area contributed by atoms with Crippen molar-refractivity contribution in [3.63, 3.8) is 0 Å². The standard InChI is InChI=1S/C14H16O6/c1-8-6-5-7-10(9(8)2)20-12(14(17)19-4)11(15)13(16)18-3/h5-7,15H,1-4H3/b12-11-. The number of methoxy groups -OCH3 is 2. The highest BCUT2D eigenvalue weighted by Crippen LogP contribution is 2.24. The Morgan fingerprint density at radius 2 is 1.65 bits per heavy atom. The molecule has 0 heterocycles. The average molecular weight is 280 g/mol. The summed E-state index contributed by atoms with van der Waals surface area (Å²) in [4.78, 5) is 22.9. The van der Waals surface area contributed by atoms with Crippen LogP contribution in [0.25, 0.3) is 0 Å². The van der Waals surface area contributed by atoms with Crippen molar-refractivity contribution in [1.82, 2.24) is 0 Å². The molecule has 108 valence electrons. The lowest BCUT2D eigenvalue weighted by Crippen LogP contribution is -2.19. The number of benzene rings is 1. The van der Waals surface area contributed by atoms with Crippen LogP contribution < -0.4 is 4.74 Å². The summed E-state index contributed by atoms with van der Waals surface area (Å²) in [5.41, 5.74) is 1.70. The first-order valence-corrected chi connectivity index (χ1v) is 5.76. The fraction of sp³-hybridized carbons (Fsp3) is 0.286. The zero-order valence-corrected chi connectivity index (χ0v) is 11.7. The minimum absolute atomic E-state index is 0.334. The molecule has 0 unspecified atom stereocenters. The highest BCUT2D eigenvalue weighted by molar-refractivity contribution is 5.97. The third kappa shape index (κ3) is 3.28. The maximum atomic E-state index is 11.6. The normalized spacial score (nSPS) is 11.4. The Morgan fingerprint density at radius 3 is 2.20 bits per heavy atom. The Morgan fingerprint density at radius 1 is 1.05 bits per heavy atom. The van der Waals surface area contributed by atoms with Gasteiger partial charge in [-0.05, 0) is 31.0 Å². The van der Waals surface area contributed by atoms with Crippen LogP contribution in [-0.4, -0.2) is 31.3 Å². The average Bonchev–Trinajstić information content (AvgIpc) is 2.46. The SMILES string of the molecule is COC(=O)/C(O)=C(/Oc1cccc(C)c1C)C(=O)OC. The molecule has 1 N–H and O–H groups in total. The second kappa shape index (κ2) is 6.60. The molecule has 20 heavy (non-hydrogen) atoms. The van der Waals surface area contributed by atoms with E-state index in [1.807, 2.05) is 13.0 Å². The number of esters is 2. The highest BCUT2D eigenvalue weighted by Gasteiger charge is 2.25. The number of carbonyl (C=O) groups excluding carboxylic acids is 2. The predicted octanol–water partition coefficient (Wildman–Crippen LogP) is 1.80. The summed E-state index contributed by atoms with van der Waals surface area (Å²) in [6.45, 7) is 3.65. The van der Waals surface area contributed by atoms with Gasteiger partial charge in [-0.3, -0.25) is 0 Å². The molecule has 0 atom stereocenters. The van der Waals surface area contributed by atoms with E-state index < -0.39 is 23.5 Å². The number of rotatable bonds is 4. The molecule has 6 heteroatoms. The number of ether oxygens (including phenoxy) is 3. The predicted molar refractivity (Wildman–Crippen MR) is 70.2 cm³/mol. The van der Waals surface area contributed by atoms with Gasteiger partial charge in [0.2, 0.25) is 0 Å². The summed E-state index contributed by atoms with van der Waals surface area (Å²) < 4.78 is 14.1. The number of aliphatic hydroxyl groups is 1. The number of hydrogen-bond acceptors (Lipinski definition) is 6. The van der Waals surface area contributed by atoms with Gasteiger partial charge < -0.3 is 19.3 Å². The lowest BCUT2D eigenvalue weighted by molar-refractivity contribution is -0.143. The lowest BCUT2D eigenvalue weighted by Gasteiger charge is -2.12. The first-order valence-electron chi connectivity index (χ1n) is 5.76. The van der Waals surface area contributed by atoms with Crippen molar-refractivity contribution in [3.05, 3.63) is 40.8 Å². The van der Waals surface area contributed by atoms with Gasteiger partial charge in [-0.1, -0.05) is 12.1 Å². The maximum Gasteiger partial charge on any atom is 0.378 e. The maximum absolute atomic E-state index is 11.6. The van der Waals surface area contributed by atoms with Crippen LogP contribution in [0.1, 0.15) is 11.1 Å². The van der Waals surface area contributed by atoms with E-state index in [2.05, 4.69) is 9.47 Å². The van der Waals surface area contributed by atoms with Crippen LogP contribution in [0.2, 0.25) is 0 Å². The van der Waals surface area contributed by atoms with Crippen LogP contribution in [0.4, 0.5) is 0 Å². The Kier molecular flexibility index (Phi) is 5.14. The minimum atomic E-state index is -1.09. The van der Waals surface area contributed by atoms with Crippen LogP contribution in [-0.2, 0) is 19.1 Å². The first-order chi connectivity index (χ1) is 9.42. The Balaban J connectivity index is 3.24. The minimum Gasteiger partial charge on any atom is -0.499 e. The summed E-state index contributed by atoms with van der Waals surface area (Å²) >= 11 is 0. The lowest BCUT2D eigenvalue weighted by atomic mass is 10.1. The molecule has 0 amide bonds. The summed E-state index contributed by atoms with van der Waals surface area (Å²) in [6, 6.07) is 5.20. The second-order valence-electron chi connectivity index (χ2n) is 3.96.